The number of carbonyl (C=O) groups is 2. The molecule has 8 nitrogen and oxygen atoms in total. The highest BCUT2D eigenvalue weighted by Crippen LogP contribution is 2.39. The van der Waals surface area contributed by atoms with Crippen LogP contribution in [0, 0.1) is 11.6 Å². The van der Waals surface area contributed by atoms with Crippen molar-refractivity contribution in [2.45, 2.75) is 50.7 Å². The number of ether oxygens (including phenoxy) is 1. The van der Waals surface area contributed by atoms with Crippen molar-refractivity contribution in [3.63, 3.8) is 0 Å². The van der Waals surface area contributed by atoms with Crippen molar-refractivity contribution >= 4 is 11.8 Å². The summed E-state index contributed by atoms with van der Waals surface area (Å²) in [5, 5.41) is 12.8. The van der Waals surface area contributed by atoms with Crippen LogP contribution in [0.2, 0.25) is 0 Å². The van der Waals surface area contributed by atoms with Crippen molar-refractivity contribution in [1.29, 1.82) is 0 Å². The lowest BCUT2D eigenvalue weighted by molar-refractivity contribution is -0.0178. The second kappa shape index (κ2) is 7.16. The minimum atomic E-state index is -0.988. The number of halogens is 2. The number of hydrogen-bond acceptors (Lipinski definition) is 5. The van der Waals surface area contributed by atoms with Crippen LogP contribution in [0.25, 0.3) is 0 Å². The van der Waals surface area contributed by atoms with Crippen molar-refractivity contribution in [3.8, 4) is 5.75 Å². The molecule has 31 heavy (non-hydrogen) atoms. The highest BCUT2D eigenvalue weighted by atomic mass is 19.1. The van der Waals surface area contributed by atoms with E-state index in [1.165, 1.54) is 16.8 Å². The molecule has 3 aliphatic rings. The summed E-state index contributed by atoms with van der Waals surface area (Å²) in [6.07, 6.45) is 3.21. The first kappa shape index (κ1) is 19.7. The zero-order chi connectivity index (χ0) is 21.9. The Labute approximate surface area is 175 Å². The quantitative estimate of drug-likeness (QED) is 0.767. The largest absolute Gasteiger partial charge is 0.503 e. The van der Waals surface area contributed by atoms with Gasteiger partial charge in [-0.05, 0) is 25.3 Å². The molecule has 1 saturated heterocycles. The summed E-state index contributed by atoms with van der Waals surface area (Å²) in [5.74, 6) is -3.73. The number of nitrogens with zero attached hydrogens (tertiary/aromatic N) is 2. The van der Waals surface area contributed by atoms with Crippen molar-refractivity contribution in [2.75, 3.05) is 0 Å². The highest BCUT2D eigenvalue weighted by Gasteiger charge is 2.50. The fourth-order valence-corrected chi connectivity index (χ4v) is 4.68. The molecule has 0 bridgehead atoms. The Morgan fingerprint density at radius 1 is 1.26 bits per heavy atom. The zero-order valence-corrected chi connectivity index (χ0v) is 16.3. The average molecular weight is 431 g/mol. The van der Waals surface area contributed by atoms with Crippen LogP contribution >= 0.6 is 0 Å². The van der Waals surface area contributed by atoms with E-state index in [1.54, 1.807) is 4.90 Å². The van der Waals surface area contributed by atoms with Crippen LogP contribution in [0.5, 0.6) is 5.75 Å². The molecule has 0 spiro atoms. The van der Waals surface area contributed by atoms with Gasteiger partial charge in [0, 0.05) is 24.4 Å². The third kappa shape index (κ3) is 3.09. The summed E-state index contributed by atoms with van der Waals surface area (Å²) in [6, 6.07) is 2.85. The van der Waals surface area contributed by atoms with Gasteiger partial charge in [-0.1, -0.05) is 6.07 Å². The van der Waals surface area contributed by atoms with Gasteiger partial charge in [0.25, 0.3) is 11.8 Å². The standard InChI is InChI=1S/C21H19F2N3O5/c22-11-5-4-10(13(23)6-11)7-24-20(29)12-8-25-9-16-26(14-2-1-3-15(14)31-16)21(30)17(25)19(28)18(12)27/h4-6,8,14-16,28H,1-3,7,9H2,(H,24,29)/t14?,15-,16?/m1/s1. The molecule has 0 radical (unpaired) electrons. The number of hydrogen-bond donors (Lipinski definition) is 2. The number of carbonyl (C=O) groups excluding carboxylic acids is 2. The van der Waals surface area contributed by atoms with Crippen LogP contribution in [-0.4, -0.2) is 44.8 Å². The first-order valence-corrected chi connectivity index (χ1v) is 10.0. The minimum Gasteiger partial charge on any atom is -0.503 e. The maximum Gasteiger partial charge on any atom is 0.276 e. The Morgan fingerprint density at radius 2 is 2.06 bits per heavy atom. The molecule has 2 unspecified atom stereocenters. The number of nitrogens with one attached hydrogen (secondary N) is 1. The molecule has 2 amide bonds. The van der Waals surface area contributed by atoms with Gasteiger partial charge in [0.1, 0.15) is 17.2 Å². The molecule has 2 aliphatic heterocycles. The van der Waals surface area contributed by atoms with Crippen molar-refractivity contribution in [3.05, 3.63) is 63.1 Å². The third-order valence-electron chi connectivity index (χ3n) is 6.16. The number of fused-ring (bicyclic) bond motifs is 4. The van der Waals surface area contributed by atoms with Gasteiger partial charge in [-0.3, -0.25) is 14.4 Å². The smallest absolute Gasteiger partial charge is 0.276 e. The lowest BCUT2D eigenvalue weighted by Gasteiger charge is -2.34. The third-order valence-corrected chi connectivity index (χ3v) is 6.16. The van der Waals surface area contributed by atoms with Crippen LogP contribution in [0.4, 0.5) is 8.78 Å². The van der Waals surface area contributed by atoms with Crippen LogP contribution < -0.4 is 10.7 Å². The van der Waals surface area contributed by atoms with E-state index in [0.717, 1.165) is 25.3 Å². The van der Waals surface area contributed by atoms with E-state index in [-0.39, 0.29) is 42.1 Å². The summed E-state index contributed by atoms with van der Waals surface area (Å²) in [6.45, 7) is -0.108. The maximum atomic E-state index is 13.8. The maximum absolute atomic E-state index is 13.8. The molecule has 1 aromatic carbocycles. The van der Waals surface area contributed by atoms with Gasteiger partial charge in [-0.25, -0.2) is 8.78 Å². The molecule has 3 heterocycles. The van der Waals surface area contributed by atoms with Gasteiger partial charge >= 0.3 is 0 Å². The molecular formula is C21H19F2N3O5. The lowest BCUT2D eigenvalue weighted by atomic mass is 10.1. The lowest BCUT2D eigenvalue weighted by Crippen LogP contribution is -2.49. The molecule has 3 atom stereocenters. The highest BCUT2D eigenvalue weighted by molar-refractivity contribution is 5.99. The van der Waals surface area contributed by atoms with Crippen molar-refractivity contribution in [2.24, 2.45) is 0 Å². The van der Waals surface area contributed by atoms with E-state index >= 15 is 0 Å². The van der Waals surface area contributed by atoms with Gasteiger partial charge in [-0.2, -0.15) is 0 Å². The predicted molar refractivity (Wildman–Crippen MR) is 102 cm³/mol. The Morgan fingerprint density at radius 3 is 2.84 bits per heavy atom. The first-order valence-electron chi connectivity index (χ1n) is 10.0. The number of rotatable bonds is 3. The van der Waals surface area contributed by atoms with Gasteiger partial charge in [0.05, 0.1) is 18.7 Å². The van der Waals surface area contributed by atoms with E-state index < -0.39 is 40.9 Å². The molecule has 10 heteroatoms. The van der Waals surface area contributed by atoms with Gasteiger partial charge in [0.15, 0.2) is 17.7 Å². The van der Waals surface area contributed by atoms with Crippen LogP contribution in [0.15, 0.2) is 29.2 Å². The number of pyridine rings is 1. The summed E-state index contributed by atoms with van der Waals surface area (Å²) >= 11 is 0. The Balaban J connectivity index is 1.42. The van der Waals surface area contributed by atoms with Crippen LogP contribution in [0.1, 0.15) is 45.7 Å². The van der Waals surface area contributed by atoms with E-state index in [2.05, 4.69) is 5.32 Å². The number of aromatic hydroxyl groups is 1. The topological polar surface area (TPSA) is 101 Å². The normalized spacial score (nSPS) is 24.0. The molecule has 5 rings (SSSR count). The minimum absolute atomic E-state index is 0.0359. The van der Waals surface area contributed by atoms with Gasteiger partial charge in [-0.15, -0.1) is 0 Å². The van der Waals surface area contributed by atoms with Crippen LogP contribution in [0.3, 0.4) is 0 Å². The Kier molecular flexibility index (Phi) is 4.54. The molecular weight excluding hydrogens is 412 g/mol. The van der Waals surface area contributed by atoms with Crippen molar-refractivity contribution in [1.82, 2.24) is 14.8 Å². The SMILES string of the molecule is O=C(NCc1ccc(F)cc1F)c1cn2c(c(O)c1=O)C(=O)N1C(C2)O[C@@H]2CCCC21. The molecule has 1 saturated carbocycles. The summed E-state index contributed by atoms with van der Waals surface area (Å²) in [4.78, 5) is 39.8. The second-order valence-corrected chi connectivity index (χ2v) is 7.98. The number of aromatic nitrogens is 1. The molecule has 2 N–H and O–H groups in total. The average Bonchev–Trinajstić information content (AvgIpc) is 3.30. The number of amides is 2. The monoisotopic (exact) mass is 431 g/mol. The first-order chi connectivity index (χ1) is 14.8. The molecule has 1 aromatic heterocycles. The Bertz CT molecular complexity index is 1160. The summed E-state index contributed by atoms with van der Waals surface area (Å²) in [5.41, 5.74) is -1.51. The molecule has 1 aliphatic carbocycles. The molecule has 2 aromatic rings. The van der Waals surface area contributed by atoms with E-state index in [9.17, 15) is 28.3 Å². The van der Waals surface area contributed by atoms with E-state index in [0.29, 0.717) is 6.07 Å². The summed E-state index contributed by atoms with van der Waals surface area (Å²) in [7, 11) is 0. The number of benzene rings is 1. The zero-order valence-electron chi connectivity index (χ0n) is 16.3. The van der Waals surface area contributed by atoms with Gasteiger partial charge in [0.2, 0.25) is 5.43 Å². The predicted octanol–water partition coefficient (Wildman–Crippen LogP) is 1.50. The fraction of sp³-hybridized carbons (Fsp3) is 0.381. The summed E-state index contributed by atoms with van der Waals surface area (Å²) < 4.78 is 34.1. The molecule has 2 fully saturated rings. The fourth-order valence-electron chi connectivity index (χ4n) is 4.68. The Hall–Kier alpha value is -3.27. The van der Waals surface area contributed by atoms with E-state index in [1.807, 2.05) is 0 Å². The van der Waals surface area contributed by atoms with Crippen LogP contribution in [-0.2, 0) is 17.8 Å². The molecule has 162 valence electrons. The van der Waals surface area contributed by atoms with Crippen molar-refractivity contribution < 1.29 is 28.2 Å². The van der Waals surface area contributed by atoms with E-state index in [4.69, 9.17) is 4.74 Å². The second-order valence-electron chi connectivity index (χ2n) is 7.98. The van der Waals surface area contributed by atoms with Gasteiger partial charge < -0.3 is 24.6 Å².